The second-order valence-electron chi connectivity index (χ2n) is 4.76. The van der Waals surface area contributed by atoms with Crippen LogP contribution in [-0.4, -0.2) is 47.1 Å². The first kappa shape index (κ1) is 17.0. The van der Waals surface area contributed by atoms with E-state index in [2.05, 4.69) is 20.4 Å². The summed E-state index contributed by atoms with van der Waals surface area (Å²) in [5.74, 6) is -0.349. The lowest BCUT2D eigenvalue weighted by Crippen LogP contribution is -2.26. The Morgan fingerprint density at radius 1 is 1.52 bits per heavy atom. The average Bonchev–Trinajstić information content (AvgIpc) is 2.94. The molecule has 1 aliphatic heterocycles. The molecule has 1 unspecified atom stereocenters. The van der Waals surface area contributed by atoms with Gasteiger partial charge in [-0.15, -0.1) is 0 Å². The van der Waals surface area contributed by atoms with Crippen molar-refractivity contribution < 1.29 is 27.5 Å². The Balaban J connectivity index is 1.90. The monoisotopic (exact) mass is 332 g/mol. The number of hydrogen-bond donors (Lipinski definition) is 1. The summed E-state index contributed by atoms with van der Waals surface area (Å²) in [5, 5.41) is 5.78. The molecule has 1 atom stereocenters. The molecular weight excluding hydrogens is 317 g/mol. The van der Waals surface area contributed by atoms with E-state index >= 15 is 0 Å². The third-order valence-electron chi connectivity index (χ3n) is 3.02. The zero-order valence-electron chi connectivity index (χ0n) is 12.5. The normalized spacial score (nSPS) is 17.4. The zero-order chi connectivity index (χ0) is 17.0. The molecule has 2 heterocycles. The Morgan fingerprint density at radius 2 is 2.26 bits per heavy atom. The maximum atomic E-state index is 12.4. The lowest BCUT2D eigenvalue weighted by atomic mass is 10.2. The number of esters is 1. The molecule has 23 heavy (non-hydrogen) atoms. The van der Waals surface area contributed by atoms with Gasteiger partial charge < -0.3 is 14.9 Å². The Hall–Kier alpha value is -2.39. The number of aryl methyl sites for hydroxylation is 1. The van der Waals surface area contributed by atoms with Gasteiger partial charge in [-0.2, -0.15) is 13.2 Å². The number of aromatic nitrogens is 2. The second kappa shape index (κ2) is 6.80. The molecule has 1 N–H and O–H groups in total. The molecule has 126 valence electrons. The van der Waals surface area contributed by atoms with Crippen molar-refractivity contribution in [2.45, 2.75) is 32.5 Å². The lowest BCUT2D eigenvalue weighted by Gasteiger charge is -2.11. The van der Waals surface area contributed by atoms with Crippen LogP contribution in [0.2, 0.25) is 0 Å². The number of ether oxygens (including phenoxy) is 1. The van der Waals surface area contributed by atoms with Gasteiger partial charge in [0.15, 0.2) is 5.71 Å². The van der Waals surface area contributed by atoms with Crippen LogP contribution in [0.3, 0.4) is 0 Å². The maximum Gasteiger partial charge on any atom is 0.432 e. The van der Waals surface area contributed by atoms with Crippen molar-refractivity contribution in [2.24, 2.45) is 5.16 Å². The fourth-order valence-corrected chi connectivity index (χ4v) is 1.87. The van der Waals surface area contributed by atoms with Gasteiger partial charge in [0.05, 0.1) is 24.4 Å². The van der Waals surface area contributed by atoms with Gasteiger partial charge in [0.25, 0.3) is 0 Å². The zero-order valence-corrected chi connectivity index (χ0v) is 12.5. The molecule has 0 fully saturated rings. The molecule has 0 aliphatic carbocycles. The van der Waals surface area contributed by atoms with E-state index in [-0.39, 0.29) is 31.1 Å². The predicted molar refractivity (Wildman–Crippen MR) is 74.2 cm³/mol. The van der Waals surface area contributed by atoms with Crippen LogP contribution in [0.1, 0.15) is 29.4 Å². The minimum absolute atomic E-state index is 0.0568. The van der Waals surface area contributed by atoms with Crippen molar-refractivity contribution in [3.8, 4) is 0 Å². The first-order chi connectivity index (χ1) is 10.8. The highest BCUT2D eigenvalue weighted by Gasteiger charge is 2.41. The SMILES string of the molecule is CCOC(=O)c1cnc(NCC2CC(C(F)(F)F)=NO2)nc1C. The lowest BCUT2D eigenvalue weighted by molar-refractivity contribution is -0.0604. The van der Waals surface area contributed by atoms with Crippen LogP contribution in [0.4, 0.5) is 19.1 Å². The predicted octanol–water partition coefficient (Wildman–Crippen LogP) is 2.08. The Kier molecular flexibility index (Phi) is 5.02. The van der Waals surface area contributed by atoms with E-state index in [1.54, 1.807) is 13.8 Å². The second-order valence-corrected chi connectivity index (χ2v) is 4.76. The van der Waals surface area contributed by atoms with Gasteiger partial charge in [-0.25, -0.2) is 14.8 Å². The molecule has 0 amide bonds. The molecule has 0 saturated heterocycles. The van der Waals surface area contributed by atoms with Gasteiger partial charge in [-0.3, -0.25) is 0 Å². The van der Waals surface area contributed by atoms with Crippen LogP contribution in [0.15, 0.2) is 11.4 Å². The number of carbonyl (C=O) groups is 1. The van der Waals surface area contributed by atoms with Crippen molar-refractivity contribution in [1.29, 1.82) is 0 Å². The Morgan fingerprint density at radius 3 is 2.83 bits per heavy atom. The van der Waals surface area contributed by atoms with Gasteiger partial charge in [-0.1, -0.05) is 5.16 Å². The van der Waals surface area contributed by atoms with E-state index in [0.717, 1.165) is 0 Å². The number of nitrogens with zero attached hydrogens (tertiary/aromatic N) is 3. The summed E-state index contributed by atoms with van der Waals surface area (Å²) in [7, 11) is 0. The summed E-state index contributed by atoms with van der Waals surface area (Å²) in [6, 6.07) is 0. The molecular formula is C13H15F3N4O3. The van der Waals surface area contributed by atoms with Crippen molar-refractivity contribution in [2.75, 3.05) is 18.5 Å². The quantitative estimate of drug-likeness (QED) is 0.831. The van der Waals surface area contributed by atoms with Crippen molar-refractivity contribution >= 4 is 17.6 Å². The van der Waals surface area contributed by atoms with Crippen LogP contribution in [0, 0.1) is 6.92 Å². The van der Waals surface area contributed by atoms with E-state index in [1.807, 2.05) is 0 Å². The number of oxime groups is 1. The van der Waals surface area contributed by atoms with Crippen LogP contribution in [-0.2, 0) is 9.57 Å². The van der Waals surface area contributed by atoms with Crippen LogP contribution in [0.25, 0.3) is 0 Å². The molecule has 0 aromatic carbocycles. The largest absolute Gasteiger partial charge is 0.462 e. The molecule has 0 bridgehead atoms. The Labute approximate surface area is 129 Å². The summed E-state index contributed by atoms with van der Waals surface area (Å²) in [4.78, 5) is 24.3. The summed E-state index contributed by atoms with van der Waals surface area (Å²) >= 11 is 0. The highest BCUT2D eigenvalue weighted by Crippen LogP contribution is 2.25. The molecule has 0 radical (unpaired) electrons. The highest BCUT2D eigenvalue weighted by molar-refractivity contribution is 5.91. The summed E-state index contributed by atoms with van der Waals surface area (Å²) in [6.07, 6.45) is -4.27. The topological polar surface area (TPSA) is 85.7 Å². The molecule has 10 heteroatoms. The van der Waals surface area contributed by atoms with Gasteiger partial charge in [0.1, 0.15) is 6.10 Å². The molecule has 7 nitrogen and oxygen atoms in total. The third-order valence-corrected chi connectivity index (χ3v) is 3.02. The summed E-state index contributed by atoms with van der Waals surface area (Å²) < 4.78 is 42.2. The van der Waals surface area contributed by atoms with E-state index < -0.39 is 24.0 Å². The van der Waals surface area contributed by atoms with Gasteiger partial charge in [0.2, 0.25) is 5.95 Å². The highest BCUT2D eigenvalue weighted by atomic mass is 19.4. The molecule has 1 aliphatic rings. The molecule has 1 aromatic rings. The van der Waals surface area contributed by atoms with Crippen molar-refractivity contribution in [1.82, 2.24) is 9.97 Å². The summed E-state index contributed by atoms with van der Waals surface area (Å²) in [6.45, 7) is 3.58. The first-order valence-electron chi connectivity index (χ1n) is 6.85. The molecule has 1 aromatic heterocycles. The number of anilines is 1. The van der Waals surface area contributed by atoms with E-state index in [9.17, 15) is 18.0 Å². The van der Waals surface area contributed by atoms with Crippen molar-refractivity contribution in [3.05, 3.63) is 17.5 Å². The number of nitrogens with one attached hydrogen (secondary N) is 1. The van der Waals surface area contributed by atoms with Gasteiger partial charge >= 0.3 is 12.1 Å². The number of halogens is 3. The van der Waals surface area contributed by atoms with E-state index in [1.165, 1.54) is 6.20 Å². The average molecular weight is 332 g/mol. The van der Waals surface area contributed by atoms with Crippen LogP contribution in [0.5, 0.6) is 0 Å². The first-order valence-corrected chi connectivity index (χ1v) is 6.85. The van der Waals surface area contributed by atoms with Crippen molar-refractivity contribution in [3.63, 3.8) is 0 Å². The van der Waals surface area contributed by atoms with Gasteiger partial charge in [-0.05, 0) is 13.8 Å². The van der Waals surface area contributed by atoms with E-state index in [0.29, 0.717) is 5.69 Å². The summed E-state index contributed by atoms with van der Waals surface area (Å²) in [5.41, 5.74) is -0.309. The Bertz CT molecular complexity index is 619. The molecule has 2 rings (SSSR count). The van der Waals surface area contributed by atoms with E-state index in [4.69, 9.17) is 9.57 Å². The van der Waals surface area contributed by atoms with Gasteiger partial charge in [0, 0.05) is 12.6 Å². The number of alkyl halides is 3. The fraction of sp³-hybridized carbons (Fsp3) is 0.538. The van der Waals surface area contributed by atoms with Crippen LogP contribution < -0.4 is 5.32 Å². The molecule has 0 spiro atoms. The standard InChI is InChI=1S/C13H15F3N4O3/c1-3-22-11(21)9-6-18-12(19-7(9)2)17-5-8-4-10(20-23-8)13(14,15)16/h6,8H,3-5H2,1-2H3,(H,17,18,19). The maximum absolute atomic E-state index is 12.4. The number of hydrogen-bond acceptors (Lipinski definition) is 7. The molecule has 0 saturated carbocycles. The fourth-order valence-electron chi connectivity index (χ4n) is 1.87. The third kappa shape index (κ3) is 4.30. The number of rotatable bonds is 5. The van der Waals surface area contributed by atoms with Crippen LogP contribution >= 0.6 is 0 Å². The smallest absolute Gasteiger partial charge is 0.432 e. The minimum atomic E-state index is -4.48. The minimum Gasteiger partial charge on any atom is -0.462 e. The number of carbonyl (C=O) groups excluding carboxylic acids is 1.